The van der Waals surface area contributed by atoms with E-state index in [1.54, 1.807) is 6.08 Å². The van der Waals surface area contributed by atoms with Gasteiger partial charge >= 0.3 is 0 Å². The van der Waals surface area contributed by atoms with Crippen molar-refractivity contribution in [2.75, 3.05) is 6.54 Å². The number of hydrogen-bond donors (Lipinski definition) is 2. The molecule has 2 nitrogen and oxygen atoms in total. The maximum atomic E-state index is 5.24. The Morgan fingerprint density at radius 3 is 2.44 bits per heavy atom. The summed E-state index contributed by atoms with van der Waals surface area (Å²) in [4.78, 5) is 0. The third-order valence-corrected chi connectivity index (χ3v) is 0.830. The van der Waals surface area contributed by atoms with Crippen LogP contribution in [-0.4, -0.2) is 6.54 Å². The number of nitrogens with one attached hydrogen (secondary N) is 1. The summed E-state index contributed by atoms with van der Waals surface area (Å²) < 4.78 is 0. The fourth-order valence-electron chi connectivity index (χ4n) is 0.329. The van der Waals surface area contributed by atoms with Crippen LogP contribution < -0.4 is 11.1 Å². The molecule has 0 aliphatic rings. The lowest BCUT2D eigenvalue weighted by Gasteiger charge is -2.04. The third kappa shape index (κ3) is 3.55. The molecule has 0 aromatic heterocycles. The maximum absolute atomic E-state index is 5.24. The van der Waals surface area contributed by atoms with Gasteiger partial charge in [0.15, 0.2) is 0 Å². The molecule has 0 spiro atoms. The molecule has 0 aliphatic carbocycles. The monoisotopic (exact) mass is 124 g/mol. The van der Waals surface area contributed by atoms with Crippen molar-refractivity contribution in [3.8, 4) is 0 Å². The lowest BCUT2D eigenvalue weighted by Crippen LogP contribution is -2.16. The molecular weight excluding hydrogens is 112 g/mol. The van der Waals surface area contributed by atoms with E-state index in [0.29, 0.717) is 6.54 Å². The largest absolute Gasteiger partial charge is 0.359 e. The molecule has 0 aromatic carbocycles. The molecule has 0 aromatic rings. The average molecular weight is 124 g/mol. The van der Waals surface area contributed by atoms with Crippen LogP contribution in [0.25, 0.3) is 0 Å². The molecule has 0 fully saturated rings. The Morgan fingerprint density at radius 2 is 2.11 bits per heavy atom. The zero-order chi connectivity index (χ0) is 7.28. The average Bonchev–Trinajstić information content (AvgIpc) is 1.87. The maximum Gasteiger partial charge on any atom is 0.0326 e. The minimum absolute atomic E-state index is 0.423. The Kier molecular flexibility index (Phi) is 3.48. The molecule has 0 radical (unpaired) electrons. The topological polar surface area (TPSA) is 38.0 Å². The third-order valence-electron chi connectivity index (χ3n) is 0.830. The highest BCUT2D eigenvalue weighted by atomic mass is 14.9. The summed E-state index contributed by atoms with van der Waals surface area (Å²) >= 11 is 0. The second kappa shape index (κ2) is 3.92. The molecule has 0 heterocycles. The van der Waals surface area contributed by atoms with E-state index >= 15 is 0 Å². The highest BCUT2D eigenvalue weighted by Gasteiger charge is 1.86. The van der Waals surface area contributed by atoms with Gasteiger partial charge in [-0.15, -0.1) is 0 Å². The highest BCUT2D eigenvalue weighted by Crippen LogP contribution is 1.87. The van der Waals surface area contributed by atoms with Crippen molar-refractivity contribution in [1.29, 1.82) is 0 Å². The fraction of sp³-hybridized carbons (Fsp3) is 0.143. The zero-order valence-corrected chi connectivity index (χ0v) is 5.48. The number of hydrogen-bond acceptors (Lipinski definition) is 2. The summed E-state index contributed by atoms with van der Waals surface area (Å²) in [5, 5.41) is 2.85. The Bertz CT molecular complexity index is 136. The van der Waals surface area contributed by atoms with Gasteiger partial charge in [-0.3, -0.25) is 0 Å². The number of nitrogens with two attached hydrogens (primary N) is 1. The molecular formula is C7H12N2. The molecule has 0 atom stereocenters. The lowest BCUT2D eigenvalue weighted by molar-refractivity contribution is 0.950. The van der Waals surface area contributed by atoms with Crippen molar-refractivity contribution in [2.24, 2.45) is 5.73 Å². The van der Waals surface area contributed by atoms with Crippen LogP contribution in [0.1, 0.15) is 0 Å². The van der Waals surface area contributed by atoms with E-state index in [9.17, 15) is 0 Å². The first kappa shape index (κ1) is 7.98. The van der Waals surface area contributed by atoms with Crippen molar-refractivity contribution in [2.45, 2.75) is 0 Å². The first-order valence-corrected chi connectivity index (χ1v) is 2.67. The van der Waals surface area contributed by atoms with Gasteiger partial charge in [-0.2, -0.15) is 0 Å². The van der Waals surface area contributed by atoms with Crippen LogP contribution >= 0.6 is 0 Å². The first-order chi connectivity index (χ1) is 4.20. The van der Waals surface area contributed by atoms with Crippen molar-refractivity contribution in [3.63, 3.8) is 0 Å². The smallest absolute Gasteiger partial charge is 0.0326 e. The molecule has 0 unspecified atom stereocenters. The molecule has 0 bridgehead atoms. The summed E-state index contributed by atoms with van der Waals surface area (Å²) in [7, 11) is 0. The molecule has 9 heavy (non-hydrogen) atoms. The Hall–Kier alpha value is -1.02. The Morgan fingerprint density at radius 1 is 1.56 bits per heavy atom. The van der Waals surface area contributed by atoms with Crippen LogP contribution in [-0.2, 0) is 0 Å². The zero-order valence-electron chi connectivity index (χ0n) is 5.48. The molecule has 2 heteroatoms. The predicted molar refractivity (Wildman–Crippen MR) is 40.7 cm³/mol. The summed E-state index contributed by atoms with van der Waals surface area (Å²) in [5.74, 6) is 0. The summed E-state index contributed by atoms with van der Waals surface area (Å²) in [6.07, 6.45) is 1.61. The van der Waals surface area contributed by atoms with Crippen molar-refractivity contribution in [3.05, 3.63) is 37.2 Å². The molecule has 0 saturated heterocycles. The van der Waals surface area contributed by atoms with E-state index in [1.807, 2.05) is 0 Å². The molecule has 0 aliphatic heterocycles. The van der Waals surface area contributed by atoms with Gasteiger partial charge in [-0.05, 0) is 6.08 Å². The molecule has 0 rings (SSSR count). The van der Waals surface area contributed by atoms with Crippen LogP contribution in [0.5, 0.6) is 0 Å². The van der Waals surface area contributed by atoms with Gasteiger partial charge < -0.3 is 11.1 Å². The van der Waals surface area contributed by atoms with Gasteiger partial charge in [-0.25, -0.2) is 0 Å². The van der Waals surface area contributed by atoms with E-state index in [2.05, 4.69) is 25.1 Å². The van der Waals surface area contributed by atoms with Gasteiger partial charge in [0.2, 0.25) is 0 Å². The van der Waals surface area contributed by atoms with Crippen LogP contribution in [0.15, 0.2) is 37.2 Å². The lowest BCUT2D eigenvalue weighted by atomic mass is 10.4. The Balaban J connectivity index is 3.59. The van der Waals surface area contributed by atoms with Crippen LogP contribution in [0, 0.1) is 0 Å². The second-order valence-corrected chi connectivity index (χ2v) is 1.66. The number of rotatable bonds is 4. The van der Waals surface area contributed by atoms with Crippen molar-refractivity contribution >= 4 is 0 Å². The standard InChI is InChI=1S/C7H12N2/c1-4-6(2)9-7(3)5-8/h4,9H,1-3,5,8H2. The van der Waals surface area contributed by atoms with E-state index in [0.717, 1.165) is 11.4 Å². The van der Waals surface area contributed by atoms with E-state index in [4.69, 9.17) is 5.73 Å². The molecule has 3 N–H and O–H groups in total. The Labute approximate surface area is 55.7 Å². The first-order valence-electron chi connectivity index (χ1n) is 2.67. The highest BCUT2D eigenvalue weighted by molar-refractivity contribution is 5.15. The minimum atomic E-state index is 0.423. The molecule has 50 valence electrons. The number of allylic oxidation sites excluding steroid dienone is 1. The summed E-state index contributed by atoms with van der Waals surface area (Å²) in [5.41, 5.74) is 6.71. The van der Waals surface area contributed by atoms with Gasteiger partial charge in [-0.1, -0.05) is 19.7 Å². The SMILES string of the molecule is C=CC(=C)NC(=C)CN. The van der Waals surface area contributed by atoms with E-state index < -0.39 is 0 Å². The summed E-state index contributed by atoms with van der Waals surface area (Å²) in [6.45, 7) is 11.2. The normalized spacial score (nSPS) is 8.11. The van der Waals surface area contributed by atoms with Crippen LogP contribution in [0.3, 0.4) is 0 Å². The minimum Gasteiger partial charge on any atom is -0.359 e. The molecule has 0 saturated carbocycles. The van der Waals surface area contributed by atoms with Gasteiger partial charge in [0.25, 0.3) is 0 Å². The van der Waals surface area contributed by atoms with Crippen LogP contribution in [0.2, 0.25) is 0 Å². The van der Waals surface area contributed by atoms with Crippen LogP contribution in [0.4, 0.5) is 0 Å². The summed E-state index contributed by atoms with van der Waals surface area (Å²) in [6, 6.07) is 0. The van der Waals surface area contributed by atoms with Crippen molar-refractivity contribution < 1.29 is 0 Å². The quantitative estimate of drug-likeness (QED) is 0.543. The fourth-order valence-corrected chi connectivity index (χ4v) is 0.329. The van der Waals surface area contributed by atoms with Gasteiger partial charge in [0.05, 0.1) is 0 Å². The van der Waals surface area contributed by atoms with Gasteiger partial charge in [0, 0.05) is 17.9 Å². The molecule has 0 amide bonds. The predicted octanol–water partition coefficient (Wildman–Crippen LogP) is 0.748. The van der Waals surface area contributed by atoms with Gasteiger partial charge in [0.1, 0.15) is 0 Å². The van der Waals surface area contributed by atoms with Crippen molar-refractivity contribution in [1.82, 2.24) is 5.32 Å². The van der Waals surface area contributed by atoms with E-state index in [1.165, 1.54) is 0 Å². The second-order valence-electron chi connectivity index (χ2n) is 1.66. The van der Waals surface area contributed by atoms with E-state index in [-0.39, 0.29) is 0 Å².